The van der Waals surface area contributed by atoms with Crippen LogP contribution in [0.15, 0.2) is 12.2 Å². The number of nitro groups is 2. The predicted octanol–water partition coefficient (Wildman–Crippen LogP) is 0.442. The summed E-state index contributed by atoms with van der Waals surface area (Å²) in [5.41, 5.74) is 0. The minimum absolute atomic E-state index is 0.917. The molecule has 0 aliphatic carbocycles. The van der Waals surface area contributed by atoms with E-state index < -0.39 is 16.0 Å². The first-order valence-electron chi connectivity index (χ1n) is 2.49. The molecule has 0 heterocycles. The lowest BCUT2D eigenvalue weighted by Crippen LogP contribution is -2.25. The van der Waals surface area contributed by atoms with Crippen molar-refractivity contribution in [2.24, 2.45) is 0 Å². The first-order valence-corrected chi connectivity index (χ1v) is 2.49. The lowest BCUT2D eigenvalue weighted by molar-refractivity contribution is -0.727. The monoisotopic (exact) mass is 146 g/mol. The minimum Gasteiger partial charge on any atom is -0.258 e. The maximum atomic E-state index is 9.84. The van der Waals surface area contributed by atoms with Gasteiger partial charge in [-0.15, -0.1) is 0 Å². The average Bonchev–Trinajstić information content (AvgIpc) is 1.81. The van der Waals surface area contributed by atoms with Gasteiger partial charge in [0.05, 0.1) is 6.08 Å². The van der Waals surface area contributed by atoms with E-state index in [1.807, 2.05) is 0 Å². The van der Waals surface area contributed by atoms with Gasteiger partial charge in [0, 0.05) is 0 Å². The first kappa shape index (κ1) is 8.54. The fraction of sp³-hybridized carbons (Fsp3) is 0.500. The highest BCUT2D eigenvalue weighted by molar-refractivity contribution is 4.79. The Hall–Kier alpha value is -1.46. The lowest BCUT2D eigenvalue weighted by atomic mass is 10.4. The van der Waals surface area contributed by atoms with Crippen molar-refractivity contribution in [3.63, 3.8) is 0 Å². The molecule has 0 bridgehead atoms. The normalized spacial score (nSPS) is 10.6. The highest BCUT2D eigenvalue weighted by Crippen LogP contribution is 1.92. The molecule has 0 aliphatic rings. The fourth-order valence-corrected chi connectivity index (χ4v) is 0.390. The summed E-state index contributed by atoms with van der Waals surface area (Å²) in [7, 11) is 0. The summed E-state index contributed by atoms with van der Waals surface area (Å²) in [6.07, 6.45) is 0.390. The van der Waals surface area contributed by atoms with Gasteiger partial charge in [-0.1, -0.05) is 6.08 Å². The molecule has 0 amide bonds. The summed E-state index contributed by atoms with van der Waals surface area (Å²) in [6.45, 7) is 1.49. The van der Waals surface area contributed by atoms with E-state index in [-0.39, 0.29) is 0 Å². The Labute approximate surface area is 56.5 Å². The van der Waals surface area contributed by atoms with Crippen LogP contribution < -0.4 is 0 Å². The molecule has 0 rings (SSSR count). The molecule has 0 radical (unpaired) electrons. The molecule has 0 aromatic carbocycles. The number of allylic oxidation sites excluding steroid dienone is 1. The quantitative estimate of drug-likeness (QED) is 0.250. The van der Waals surface area contributed by atoms with Crippen molar-refractivity contribution in [1.82, 2.24) is 0 Å². The van der Waals surface area contributed by atoms with Crippen LogP contribution in [0.5, 0.6) is 0 Å². The van der Waals surface area contributed by atoms with Gasteiger partial charge in [-0.2, -0.15) is 0 Å². The summed E-state index contributed by atoms with van der Waals surface area (Å²) in [5.74, 6) is 0. The van der Waals surface area contributed by atoms with Gasteiger partial charge >= 0.3 is 6.17 Å². The Morgan fingerprint density at radius 2 is 1.70 bits per heavy atom. The maximum Gasteiger partial charge on any atom is 0.469 e. The van der Waals surface area contributed by atoms with E-state index in [9.17, 15) is 20.2 Å². The molecule has 6 heteroatoms. The van der Waals surface area contributed by atoms with Crippen LogP contribution in [0.4, 0.5) is 0 Å². The summed E-state index contributed by atoms with van der Waals surface area (Å²) in [6, 6.07) is 0. The van der Waals surface area contributed by atoms with Crippen LogP contribution in [0.2, 0.25) is 0 Å². The molecule has 0 N–H and O–H groups in total. The van der Waals surface area contributed by atoms with Crippen LogP contribution in [0, 0.1) is 20.2 Å². The molecule has 56 valence electrons. The molecule has 10 heavy (non-hydrogen) atoms. The van der Waals surface area contributed by atoms with Crippen LogP contribution in [0.25, 0.3) is 0 Å². The van der Waals surface area contributed by atoms with Crippen molar-refractivity contribution in [3.8, 4) is 0 Å². The highest BCUT2D eigenvalue weighted by atomic mass is 16.7. The molecule has 0 fully saturated rings. The zero-order valence-electron chi connectivity index (χ0n) is 5.26. The molecule has 0 aromatic rings. The second-order valence-corrected chi connectivity index (χ2v) is 1.51. The number of rotatable bonds is 3. The molecule has 0 saturated heterocycles. The van der Waals surface area contributed by atoms with E-state index in [1.54, 1.807) is 0 Å². The van der Waals surface area contributed by atoms with Crippen molar-refractivity contribution in [2.75, 3.05) is 0 Å². The van der Waals surface area contributed by atoms with Gasteiger partial charge < -0.3 is 0 Å². The molecule has 0 aliphatic heterocycles. The molecular formula is C4H6N2O4. The van der Waals surface area contributed by atoms with Crippen LogP contribution in [0.3, 0.4) is 0 Å². The zero-order valence-corrected chi connectivity index (χ0v) is 5.26. The Morgan fingerprint density at radius 3 is 1.80 bits per heavy atom. The second kappa shape index (κ2) is 3.54. The largest absolute Gasteiger partial charge is 0.469 e. The van der Waals surface area contributed by atoms with Crippen LogP contribution in [-0.2, 0) is 0 Å². The fourth-order valence-electron chi connectivity index (χ4n) is 0.390. The molecule has 0 spiro atoms. The van der Waals surface area contributed by atoms with E-state index in [2.05, 4.69) is 0 Å². The van der Waals surface area contributed by atoms with Crippen molar-refractivity contribution < 1.29 is 9.85 Å². The molecule has 0 unspecified atom stereocenters. The number of hydrogen-bond donors (Lipinski definition) is 0. The molecule has 0 atom stereocenters. The molecule has 0 aromatic heterocycles. The molecule has 6 nitrogen and oxygen atoms in total. The number of nitrogens with zero attached hydrogens (tertiary/aromatic N) is 2. The van der Waals surface area contributed by atoms with Crippen molar-refractivity contribution in [2.45, 2.75) is 13.1 Å². The Bertz CT molecular complexity index is 162. The van der Waals surface area contributed by atoms with Gasteiger partial charge in [0.25, 0.3) is 0 Å². The van der Waals surface area contributed by atoms with E-state index in [1.165, 1.54) is 13.0 Å². The van der Waals surface area contributed by atoms with Crippen LogP contribution >= 0.6 is 0 Å². The molecule has 0 saturated carbocycles. The van der Waals surface area contributed by atoms with Gasteiger partial charge in [0.1, 0.15) is 9.85 Å². The van der Waals surface area contributed by atoms with Gasteiger partial charge in [0.2, 0.25) is 0 Å². The second-order valence-electron chi connectivity index (χ2n) is 1.51. The summed E-state index contributed by atoms with van der Waals surface area (Å²) in [5, 5.41) is 19.7. The van der Waals surface area contributed by atoms with Gasteiger partial charge in [-0.3, -0.25) is 20.2 Å². The standard InChI is InChI=1S/C4H6N2O4/c1-2-3-4(5(7)8)6(9)10/h2-4H,1H3. The highest BCUT2D eigenvalue weighted by Gasteiger charge is 2.27. The summed E-state index contributed by atoms with van der Waals surface area (Å²) < 4.78 is 0. The minimum atomic E-state index is -1.80. The van der Waals surface area contributed by atoms with Gasteiger partial charge in [0.15, 0.2) is 0 Å². The Kier molecular flexibility index (Phi) is 3.03. The van der Waals surface area contributed by atoms with Crippen LogP contribution in [-0.4, -0.2) is 16.0 Å². The smallest absolute Gasteiger partial charge is 0.258 e. The van der Waals surface area contributed by atoms with Crippen molar-refractivity contribution in [1.29, 1.82) is 0 Å². The average molecular weight is 146 g/mol. The lowest BCUT2D eigenvalue weighted by Gasteiger charge is -1.93. The first-order chi connectivity index (χ1) is 4.59. The van der Waals surface area contributed by atoms with Crippen LogP contribution in [0.1, 0.15) is 6.92 Å². The van der Waals surface area contributed by atoms with E-state index in [0.717, 1.165) is 6.08 Å². The van der Waals surface area contributed by atoms with Crippen molar-refractivity contribution >= 4 is 0 Å². The Morgan fingerprint density at radius 1 is 1.30 bits per heavy atom. The van der Waals surface area contributed by atoms with E-state index in [0.29, 0.717) is 0 Å². The Balaban J connectivity index is 4.27. The number of hydrogen-bond acceptors (Lipinski definition) is 4. The van der Waals surface area contributed by atoms with Gasteiger partial charge in [-0.05, 0) is 6.92 Å². The molecular weight excluding hydrogens is 140 g/mol. The third kappa shape index (κ3) is 2.21. The van der Waals surface area contributed by atoms with E-state index in [4.69, 9.17) is 0 Å². The SMILES string of the molecule is CC=CC([N+](=O)[O-])[N+](=O)[O-]. The third-order valence-corrected chi connectivity index (χ3v) is 0.797. The predicted molar refractivity (Wildman–Crippen MR) is 32.6 cm³/mol. The van der Waals surface area contributed by atoms with Gasteiger partial charge in [-0.25, -0.2) is 0 Å². The maximum absolute atomic E-state index is 9.84. The van der Waals surface area contributed by atoms with E-state index >= 15 is 0 Å². The van der Waals surface area contributed by atoms with Crippen molar-refractivity contribution in [3.05, 3.63) is 32.4 Å². The topological polar surface area (TPSA) is 86.3 Å². The zero-order chi connectivity index (χ0) is 8.15. The summed E-state index contributed by atoms with van der Waals surface area (Å²) >= 11 is 0. The summed E-state index contributed by atoms with van der Waals surface area (Å²) in [4.78, 5) is 17.8. The third-order valence-electron chi connectivity index (χ3n) is 0.797.